The van der Waals surface area contributed by atoms with Crippen LogP contribution < -0.4 is 0 Å². The van der Waals surface area contributed by atoms with Gasteiger partial charge in [0.25, 0.3) is 0 Å². The number of ether oxygens (including phenoxy) is 2. The Morgan fingerprint density at radius 2 is 1.67 bits per heavy atom. The van der Waals surface area contributed by atoms with E-state index < -0.39 is 24.5 Å². The van der Waals surface area contributed by atoms with Gasteiger partial charge >= 0.3 is 5.97 Å². The van der Waals surface area contributed by atoms with E-state index in [1.807, 2.05) is 0 Å². The van der Waals surface area contributed by atoms with Crippen molar-refractivity contribution in [3.8, 4) is 0 Å². The van der Waals surface area contributed by atoms with E-state index in [2.05, 4.69) is 0 Å². The molecular formula is C17H30O7. The highest BCUT2D eigenvalue weighted by atomic mass is 16.7. The molecule has 1 aliphatic rings. The van der Waals surface area contributed by atoms with Gasteiger partial charge in [-0.25, -0.2) is 0 Å². The summed E-state index contributed by atoms with van der Waals surface area (Å²) in [4.78, 5) is 21.5. The Labute approximate surface area is 143 Å². The second-order valence-electron chi connectivity index (χ2n) is 6.43. The third-order valence-corrected chi connectivity index (χ3v) is 4.17. The van der Waals surface area contributed by atoms with Crippen LogP contribution in [0.25, 0.3) is 0 Å². The van der Waals surface area contributed by atoms with Crippen LogP contribution >= 0.6 is 0 Å². The van der Waals surface area contributed by atoms with Crippen LogP contribution in [0.15, 0.2) is 0 Å². The van der Waals surface area contributed by atoms with Crippen LogP contribution in [-0.2, 0) is 19.1 Å². The molecule has 1 heterocycles. The van der Waals surface area contributed by atoms with Crippen LogP contribution in [0.3, 0.4) is 0 Å². The first kappa shape index (κ1) is 21.0. The van der Waals surface area contributed by atoms with E-state index in [-0.39, 0.29) is 24.7 Å². The number of aliphatic hydroxyl groups is 2. The van der Waals surface area contributed by atoms with Gasteiger partial charge in [0, 0.05) is 19.4 Å². The maximum absolute atomic E-state index is 11.2. The topological polar surface area (TPSA) is 113 Å². The number of carboxylic acid groups (broad SMARTS) is 1. The smallest absolute Gasteiger partial charge is 0.310 e. The van der Waals surface area contributed by atoms with Crippen molar-refractivity contribution in [3.05, 3.63) is 0 Å². The zero-order chi connectivity index (χ0) is 17.9. The summed E-state index contributed by atoms with van der Waals surface area (Å²) in [5, 5.41) is 27.8. The number of rotatable bonds is 12. The Kier molecular flexibility index (Phi) is 10.1. The van der Waals surface area contributed by atoms with Crippen LogP contribution in [0.2, 0.25) is 0 Å². The van der Waals surface area contributed by atoms with Gasteiger partial charge in [0.1, 0.15) is 18.3 Å². The molecule has 0 saturated carbocycles. The molecule has 0 amide bonds. The predicted molar refractivity (Wildman–Crippen MR) is 86.5 cm³/mol. The first-order valence-electron chi connectivity index (χ1n) is 8.77. The Morgan fingerprint density at radius 3 is 2.33 bits per heavy atom. The summed E-state index contributed by atoms with van der Waals surface area (Å²) in [5.74, 6) is -1.27. The van der Waals surface area contributed by atoms with Gasteiger partial charge in [-0.2, -0.15) is 0 Å². The molecule has 7 nitrogen and oxygen atoms in total. The summed E-state index contributed by atoms with van der Waals surface area (Å²) in [7, 11) is 0. The molecule has 3 N–H and O–H groups in total. The zero-order valence-electron chi connectivity index (χ0n) is 14.4. The van der Waals surface area contributed by atoms with Crippen LogP contribution in [0, 0.1) is 0 Å². The monoisotopic (exact) mass is 346 g/mol. The van der Waals surface area contributed by atoms with E-state index in [1.54, 1.807) is 6.92 Å². The highest BCUT2D eigenvalue weighted by Gasteiger charge is 2.34. The molecule has 0 aliphatic carbocycles. The third kappa shape index (κ3) is 8.73. The molecule has 1 rings (SSSR count). The second-order valence-corrected chi connectivity index (χ2v) is 6.43. The maximum atomic E-state index is 11.2. The number of unbranched alkanes of at least 4 members (excludes halogenated alkanes) is 5. The molecule has 24 heavy (non-hydrogen) atoms. The van der Waals surface area contributed by atoms with Crippen molar-refractivity contribution in [1.29, 1.82) is 0 Å². The Balaban J connectivity index is 1.94. The van der Waals surface area contributed by atoms with Gasteiger partial charge in [0.05, 0.1) is 12.2 Å². The fraction of sp³-hybridized carbons (Fsp3) is 0.882. The molecule has 0 spiro atoms. The predicted octanol–water partition coefficient (Wildman–Crippen LogP) is 1.63. The van der Waals surface area contributed by atoms with Crippen molar-refractivity contribution in [3.63, 3.8) is 0 Å². The Morgan fingerprint density at radius 1 is 1.04 bits per heavy atom. The Bertz CT molecular complexity index is 385. The van der Waals surface area contributed by atoms with E-state index in [4.69, 9.17) is 14.6 Å². The fourth-order valence-corrected chi connectivity index (χ4v) is 2.68. The number of carbonyl (C=O) groups is 2. The standard InChI is InChI=1S/C17H30O7/c1-12-14(19)11-15(20)17(24-12)23-9-7-5-3-2-4-6-8-13(18)10-16(21)22/h12,14-15,17,19-20H,2-11H2,1H3,(H,21,22)/t12-,14+,15+,17+/m0/s1. The SMILES string of the molecule is C[C@@H]1O[C@@H](OCCCCCCCCC(=O)CC(=O)O)[C@H](O)C[C@H]1O. The number of carboxylic acids is 1. The van der Waals surface area contributed by atoms with Crippen molar-refractivity contribution in [1.82, 2.24) is 0 Å². The summed E-state index contributed by atoms with van der Waals surface area (Å²) >= 11 is 0. The molecule has 1 saturated heterocycles. The van der Waals surface area contributed by atoms with Gasteiger partial charge in [-0.1, -0.05) is 25.7 Å². The first-order valence-corrected chi connectivity index (χ1v) is 8.77. The average Bonchev–Trinajstić information content (AvgIpc) is 2.49. The lowest BCUT2D eigenvalue weighted by atomic mass is 10.0. The molecule has 1 aliphatic heterocycles. The molecule has 0 radical (unpaired) electrons. The summed E-state index contributed by atoms with van der Waals surface area (Å²) < 4.78 is 11.0. The molecule has 1 fully saturated rings. The first-order chi connectivity index (χ1) is 11.4. The maximum Gasteiger partial charge on any atom is 0.310 e. The number of carbonyl (C=O) groups excluding carboxylic acids is 1. The van der Waals surface area contributed by atoms with Gasteiger partial charge in [-0.15, -0.1) is 0 Å². The number of Topliss-reactive ketones (excluding diaryl/α,β-unsaturated/α-hetero) is 1. The number of hydrogen-bond donors (Lipinski definition) is 3. The molecule has 0 aromatic carbocycles. The lowest BCUT2D eigenvalue weighted by Gasteiger charge is -2.35. The minimum absolute atomic E-state index is 0.207. The summed E-state index contributed by atoms with van der Waals surface area (Å²) in [6.07, 6.45) is 3.35. The van der Waals surface area contributed by atoms with Crippen molar-refractivity contribution in [2.45, 2.75) is 89.3 Å². The van der Waals surface area contributed by atoms with Crippen LogP contribution in [0.1, 0.15) is 64.7 Å². The van der Waals surface area contributed by atoms with E-state index in [1.165, 1.54) is 0 Å². The van der Waals surface area contributed by atoms with Gasteiger partial charge < -0.3 is 24.8 Å². The largest absolute Gasteiger partial charge is 0.481 e. The highest BCUT2D eigenvalue weighted by Crippen LogP contribution is 2.21. The lowest BCUT2D eigenvalue weighted by molar-refractivity contribution is -0.261. The molecular weight excluding hydrogens is 316 g/mol. The van der Waals surface area contributed by atoms with E-state index >= 15 is 0 Å². The van der Waals surface area contributed by atoms with Crippen LogP contribution in [-0.4, -0.2) is 58.3 Å². The van der Waals surface area contributed by atoms with Gasteiger partial charge in [-0.3, -0.25) is 9.59 Å². The number of hydrogen-bond acceptors (Lipinski definition) is 6. The molecule has 140 valence electrons. The summed E-state index contributed by atoms with van der Waals surface area (Å²) in [5.41, 5.74) is 0. The van der Waals surface area contributed by atoms with Crippen molar-refractivity contribution in [2.75, 3.05) is 6.61 Å². The van der Waals surface area contributed by atoms with Gasteiger partial charge in [-0.05, 0) is 19.8 Å². The molecule has 0 aromatic rings. The van der Waals surface area contributed by atoms with Crippen molar-refractivity contribution in [2.24, 2.45) is 0 Å². The third-order valence-electron chi connectivity index (χ3n) is 4.17. The lowest BCUT2D eigenvalue weighted by Crippen LogP contribution is -2.47. The summed E-state index contributed by atoms with van der Waals surface area (Å²) in [6, 6.07) is 0. The van der Waals surface area contributed by atoms with Crippen LogP contribution in [0.5, 0.6) is 0 Å². The number of aliphatic carboxylic acids is 1. The van der Waals surface area contributed by atoms with Gasteiger partial charge in [0.15, 0.2) is 6.29 Å². The Hall–Kier alpha value is -1.02. The minimum Gasteiger partial charge on any atom is -0.481 e. The van der Waals surface area contributed by atoms with E-state index in [9.17, 15) is 19.8 Å². The minimum atomic E-state index is -1.06. The normalized spacial score (nSPS) is 27.1. The quantitative estimate of drug-likeness (QED) is 0.363. The molecule has 0 bridgehead atoms. The van der Waals surface area contributed by atoms with Crippen LogP contribution in [0.4, 0.5) is 0 Å². The van der Waals surface area contributed by atoms with Gasteiger partial charge in [0.2, 0.25) is 0 Å². The summed E-state index contributed by atoms with van der Waals surface area (Å²) in [6.45, 7) is 2.26. The number of aliphatic hydroxyl groups excluding tert-OH is 2. The average molecular weight is 346 g/mol. The van der Waals surface area contributed by atoms with Crippen molar-refractivity contribution >= 4 is 11.8 Å². The molecule has 7 heteroatoms. The zero-order valence-corrected chi connectivity index (χ0v) is 14.4. The van der Waals surface area contributed by atoms with E-state index in [0.29, 0.717) is 13.0 Å². The molecule has 0 aromatic heterocycles. The molecule has 0 unspecified atom stereocenters. The number of ketones is 1. The molecule has 4 atom stereocenters. The van der Waals surface area contributed by atoms with Crippen molar-refractivity contribution < 1.29 is 34.4 Å². The highest BCUT2D eigenvalue weighted by molar-refractivity contribution is 5.94. The fourth-order valence-electron chi connectivity index (χ4n) is 2.68. The van der Waals surface area contributed by atoms with E-state index in [0.717, 1.165) is 38.5 Å². The second kappa shape index (κ2) is 11.5.